The van der Waals surface area contributed by atoms with Crippen LogP contribution in [0.1, 0.15) is 18.9 Å². The van der Waals surface area contributed by atoms with E-state index in [0.717, 1.165) is 6.42 Å². The van der Waals surface area contributed by atoms with E-state index in [2.05, 4.69) is 0 Å². The summed E-state index contributed by atoms with van der Waals surface area (Å²) in [6.45, 7) is 2.02. The van der Waals surface area contributed by atoms with E-state index in [0.29, 0.717) is 12.0 Å². The van der Waals surface area contributed by atoms with Gasteiger partial charge >= 0.3 is 0 Å². The first kappa shape index (κ1) is 11.0. The highest BCUT2D eigenvalue weighted by atomic mass is 19.1. The maximum atomic E-state index is 12.8. The van der Waals surface area contributed by atoms with E-state index in [9.17, 15) is 9.50 Å². The van der Waals surface area contributed by atoms with E-state index < -0.39 is 0 Å². The van der Waals surface area contributed by atoms with Crippen molar-refractivity contribution in [2.24, 2.45) is 5.92 Å². The van der Waals surface area contributed by atoms with Crippen LogP contribution < -0.4 is 0 Å². The molecule has 1 rings (SSSR count). The zero-order chi connectivity index (χ0) is 10.6. The highest BCUT2D eigenvalue weighted by Gasteiger charge is 2.09. The van der Waals surface area contributed by atoms with Gasteiger partial charge in [0.2, 0.25) is 0 Å². The molecule has 2 N–H and O–H groups in total. The zero-order valence-electron chi connectivity index (χ0n) is 8.20. The molecule has 0 spiro atoms. The quantitative estimate of drug-likeness (QED) is 0.777. The van der Waals surface area contributed by atoms with Crippen molar-refractivity contribution in [1.82, 2.24) is 0 Å². The number of halogens is 1. The Kier molecular flexibility index (Phi) is 3.89. The fourth-order valence-electron chi connectivity index (χ4n) is 1.37. The number of aliphatic hydroxyl groups excluding tert-OH is 1. The number of aromatic hydroxyl groups is 1. The van der Waals surface area contributed by atoms with Crippen molar-refractivity contribution >= 4 is 0 Å². The summed E-state index contributed by atoms with van der Waals surface area (Å²) in [5.74, 6) is -0.174. The second kappa shape index (κ2) is 4.96. The first-order valence-corrected chi connectivity index (χ1v) is 4.75. The summed E-state index contributed by atoms with van der Waals surface area (Å²) in [7, 11) is 0. The number of benzene rings is 1. The van der Waals surface area contributed by atoms with Crippen LogP contribution in [0.2, 0.25) is 0 Å². The lowest BCUT2D eigenvalue weighted by Crippen LogP contribution is -2.08. The molecule has 3 heteroatoms. The monoisotopic (exact) mass is 198 g/mol. The van der Waals surface area contributed by atoms with Gasteiger partial charge in [0.1, 0.15) is 11.6 Å². The molecule has 0 saturated heterocycles. The van der Waals surface area contributed by atoms with E-state index in [4.69, 9.17) is 5.11 Å². The largest absolute Gasteiger partial charge is 0.508 e. The Balaban J connectivity index is 2.79. The van der Waals surface area contributed by atoms with Gasteiger partial charge < -0.3 is 10.2 Å². The Morgan fingerprint density at radius 2 is 2.14 bits per heavy atom. The van der Waals surface area contributed by atoms with Crippen molar-refractivity contribution in [2.75, 3.05) is 6.61 Å². The van der Waals surface area contributed by atoms with Gasteiger partial charge in [0.05, 0.1) is 0 Å². The van der Waals surface area contributed by atoms with Crippen molar-refractivity contribution in [1.29, 1.82) is 0 Å². The molecule has 0 saturated carbocycles. The molecule has 2 nitrogen and oxygen atoms in total. The van der Waals surface area contributed by atoms with Crippen molar-refractivity contribution in [3.05, 3.63) is 29.6 Å². The summed E-state index contributed by atoms with van der Waals surface area (Å²) in [5, 5.41) is 18.4. The van der Waals surface area contributed by atoms with Crippen LogP contribution in [0.15, 0.2) is 18.2 Å². The molecule has 0 bridgehead atoms. The number of aliphatic hydroxyl groups is 1. The van der Waals surface area contributed by atoms with Gasteiger partial charge in [0.25, 0.3) is 0 Å². The first-order chi connectivity index (χ1) is 6.67. The summed E-state index contributed by atoms with van der Waals surface area (Å²) in [5.41, 5.74) is 0.561. The van der Waals surface area contributed by atoms with Crippen LogP contribution >= 0.6 is 0 Å². The summed E-state index contributed by atoms with van der Waals surface area (Å²) in [6.07, 6.45) is 1.32. The Bertz CT molecular complexity index is 295. The molecule has 0 amide bonds. The number of phenolic OH excluding ortho intramolecular Hbond substituents is 1. The summed E-state index contributed by atoms with van der Waals surface area (Å²) in [6, 6.07) is 3.88. The topological polar surface area (TPSA) is 40.5 Å². The van der Waals surface area contributed by atoms with Crippen LogP contribution in [0.5, 0.6) is 5.75 Å². The lowest BCUT2D eigenvalue weighted by molar-refractivity contribution is 0.221. The molecule has 0 radical (unpaired) electrons. The number of hydrogen-bond acceptors (Lipinski definition) is 2. The van der Waals surface area contributed by atoms with Gasteiger partial charge in [-0.05, 0) is 36.1 Å². The van der Waals surface area contributed by atoms with Crippen LogP contribution in [0.3, 0.4) is 0 Å². The van der Waals surface area contributed by atoms with Crippen molar-refractivity contribution in [3.8, 4) is 5.75 Å². The third-order valence-electron chi connectivity index (χ3n) is 2.39. The molecule has 1 aromatic rings. The van der Waals surface area contributed by atoms with Crippen molar-refractivity contribution < 1.29 is 14.6 Å². The molecule has 0 heterocycles. The summed E-state index contributed by atoms with van der Waals surface area (Å²) < 4.78 is 12.8. The normalized spacial score (nSPS) is 12.8. The average Bonchev–Trinajstić information content (AvgIpc) is 2.19. The Hall–Kier alpha value is -1.09. The zero-order valence-corrected chi connectivity index (χ0v) is 8.20. The standard InChI is InChI=1S/C11H15FO2/c1-2-8(7-13)5-9-6-10(12)3-4-11(9)14/h3-4,6,8,13-14H,2,5,7H2,1H3. The molecule has 78 valence electrons. The highest BCUT2D eigenvalue weighted by Crippen LogP contribution is 2.22. The van der Waals surface area contributed by atoms with Crippen LogP contribution in [-0.2, 0) is 6.42 Å². The van der Waals surface area contributed by atoms with E-state index in [1.165, 1.54) is 18.2 Å². The lowest BCUT2D eigenvalue weighted by Gasteiger charge is -2.12. The van der Waals surface area contributed by atoms with Crippen molar-refractivity contribution in [2.45, 2.75) is 19.8 Å². The summed E-state index contributed by atoms with van der Waals surface area (Å²) >= 11 is 0. The molecule has 14 heavy (non-hydrogen) atoms. The summed E-state index contributed by atoms with van der Waals surface area (Å²) in [4.78, 5) is 0. The maximum Gasteiger partial charge on any atom is 0.123 e. The first-order valence-electron chi connectivity index (χ1n) is 4.75. The Morgan fingerprint density at radius 3 is 2.71 bits per heavy atom. The van der Waals surface area contributed by atoms with E-state index in [1.54, 1.807) is 0 Å². The van der Waals surface area contributed by atoms with Gasteiger partial charge in [-0.1, -0.05) is 13.3 Å². The maximum absolute atomic E-state index is 12.8. The third-order valence-corrected chi connectivity index (χ3v) is 2.39. The predicted molar refractivity (Wildman–Crippen MR) is 52.6 cm³/mol. The third kappa shape index (κ3) is 2.70. The van der Waals surface area contributed by atoms with E-state index in [1.807, 2.05) is 6.92 Å². The molecular formula is C11H15FO2. The average molecular weight is 198 g/mol. The Morgan fingerprint density at radius 1 is 1.43 bits per heavy atom. The Labute approximate surface area is 83.0 Å². The second-order valence-electron chi connectivity index (χ2n) is 3.43. The van der Waals surface area contributed by atoms with Crippen molar-refractivity contribution in [3.63, 3.8) is 0 Å². The molecule has 1 aromatic carbocycles. The molecule has 0 aliphatic rings. The molecule has 0 aliphatic heterocycles. The van der Waals surface area contributed by atoms with Crippen LogP contribution in [0.25, 0.3) is 0 Å². The number of rotatable bonds is 4. The second-order valence-corrected chi connectivity index (χ2v) is 3.43. The minimum absolute atomic E-state index is 0.0620. The molecule has 1 unspecified atom stereocenters. The van der Waals surface area contributed by atoms with Gasteiger partial charge in [0.15, 0.2) is 0 Å². The smallest absolute Gasteiger partial charge is 0.123 e. The van der Waals surface area contributed by atoms with E-state index in [-0.39, 0.29) is 24.1 Å². The molecule has 0 aromatic heterocycles. The fourth-order valence-corrected chi connectivity index (χ4v) is 1.37. The van der Waals surface area contributed by atoms with Gasteiger partial charge in [-0.2, -0.15) is 0 Å². The minimum Gasteiger partial charge on any atom is -0.508 e. The number of hydrogen-bond donors (Lipinski definition) is 2. The molecule has 0 aliphatic carbocycles. The lowest BCUT2D eigenvalue weighted by atomic mass is 9.97. The molecule has 0 fully saturated rings. The SMILES string of the molecule is CCC(CO)Cc1cc(F)ccc1O. The van der Waals surface area contributed by atoms with Gasteiger partial charge in [0, 0.05) is 6.61 Å². The van der Waals surface area contributed by atoms with Gasteiger partial charge in [-0.3, -0.25) is 0 Å². The minimum atomic E-state index is -0.356. The molecule has 1 atom stereocenters. The van der Waals surface area contributed by atoms with Crippen LogP contribution in [0.4, 0.5) is 4.39 Å². The fraction of sp³-hybridized carbons (Fsp3) is 0.455. The number of phenols is 1. The van der Waals surface area contributed by atoms with Gasteiger partial charge in [-0.15, -0.1) is 0 Å². The van der Waals surface area contributed by atoms with Gasteiger partial charge in [-0.25, -0.2) is 4.39 Å². The molecular weight excluding hydrogens is 183 g/mol. The van der Waals surface area contributed by atoms with E-state index >= 15 is 0 Å². The van der Waals surface area contributed by atoms with Crippen LogP contribution in [-0.4, -0.2) is 16.8 Å². The highest BCUT2D eigenvalue weighted by molar-refractivity contribution is 5.32. The van der Waals surface area contributed by atoms with Crippen LogP contribution in [0, 0.1) is 11.7 Å². The predicted octanol–water partition coefficient (Wildman–Crippen LogP) is 2.09.